The van der Waals surface area contributed by atoms with Crippen molar-refractivity contribution in [3.63, 3.8) is 0 Å². The van der Waals surface area contributed by atoms with Crippen LogP contribution in [0.5, 0.6) is 5.75 Å². The van der Waals surface area contributed by atoms with E-state index in [4.69, 9.17) is 12.2 Å². The van der Waals surface area contributed by atoms with Crippen LogP contribution in [0.25, 0.3) is 0 Å². The lowest BCUT2D eigenvalue weighted by Gasteiger charge is -2.00. The van der Waals surface area contributed by atoms with Crippen molar-refractivity contribution in [2.75, 3.05) is 0 Å². The van der Waals surface area contributed by atoms with E-state index < -0.39 is 4.92 Å². The number of phenolic OH excluding ortho intramolecular Hbond substituents is 1. The van der Waals surface area contributed by atoms with E-state index in [0.717, 1.165) is 0 Å². The minimum Gasteiger partial charge on any atom is -0.507 e. The fourth-order valence-corrected chi connectivity index (χ4v) is 2.34. The number of nitrogens with one attached hydrogen (secondary N) is 1. The second-order valence-electron chi connectivity index (χ2n) is 5.35. The molecular weight excluding hydrogens is 370 g/mol. The fourth-order valence-electron chi connectivity index (χ4n) is 2.12. The zero-order valence-corrected chi connectivity index (χ0v) is 14.8. The average Bonchev–Trinajstić information content (AvgIpc) is 2.98. The van der Waals surface area contributed by atoms with Gasteiger partial charge in [-0.1, -0.05) is 6.07 Å². The minimum atomic E-state index is -0.503. The van der Waals surface area contributed by atoms with Crippen LogP contribution in [0.2, 0.25) is 0 Å². The molecule has 0 atom stereocenters. The summed E-state index contributed by atoms with van der Waals surface area (Å²) in [4.78, 5) is 10.3. The largest absolute Gasteiger partial charge is 0.507 e. The lowest BCUT2D eigenvalue weighted by atomic mass is 10.2. The van der Waals surface area contributed by atoms with E-state index >= 15 is 0 Å². The van der Waals surface area contributed by atoms with Gasteiger partial charge in [-0.15, -0.1) is 0 Å². The highest BCUT2D eigenvalue weighted by molar-refractivity contribution is 7.71. The number of H-pyrrole nitrogens is 1. The van der Waals surface area contributed by atoms with Crippen LogP contribution < -0.4 is 0 Å². The highest BCUT2D eigenvalue weighted by Crippen LogP contribution is 2.25. The van der Waals surface area contributed by atoms with E-state index in [9.17, 15) is 15.2 Å². The summed E-state index contributed by atoms with van der Waals surface area (Å²) in [6, 6.07) is 10.4. The molecule has 0 aliphatic carbocycles. The van der Waals surface area contributed by atoms with Gasteiger partial charge >= 0.3 is 0 Å². The Bertz CT molecular complexity index is 1120. The van der Waals surface area contributed by atoms with Gasteiger partial charge in [0.15, 0.2) is 0 Å². The normalized spacial score (nSPS) is 11.4. The first-order chi connectivity index (χ1) is 12.9. The Hall–Kier alpha value is -3.73. The summed E-state index contributed by atoms with van der Waals surface area (Å²) in [5, 5.41) is 39.5. The van der Waals surface area contributed by atoms with Crippen molar-refractivity contribution in [3.05, 3.63) is 68.7 Å². The van der Waals surface area contributed by atoms with Gasteiger partial charge in [0, 0.05) is 17.7 Å². The van der Waals surface area contributed by atoms with Crippen LogP contribution in [0.4, 0.5) is 17.1 Å². The molecule has 0 aliphatic rings. The molecule has 0 aliphatic heterocycles. The Morgan fingerprint density at radius 2 is 2.00 bits per heavy atom. The molecule has 11 heteroatoms. The molecular formula is C16H13N7O3S. The van der Waals surface area contributed by atoms with Crippen molar-refractivity contribution in [2.45, 2.75) is 6.92 Å². The highest BCUT2D eigenvalue weighted by atomic mass is 32.1. The molecule has 3 rings (SSSR count). The summed E-state index contributed by atoms with van der Waals surface area (Å²) in [5.74, 6) is 0.568. The predicted octanol–water partition coefficient (Wildman–Crippen LogP) is 4.16. The van der Waals surface area contributed by atoms with E-state index in [-0.39, 0.29) is 11.4 Å². The Labute approximate surface area is 157 Å². The molecule has 0 amide bonds. The Balaban J connectivity index is 1.86. The third-order valence-electron chi connectivity index (χ3n) is 3.46. The number of rotatable bonds is 5. The van der Waals surface area contributed by atoms with Gasteiger partial charge in [0.05, 0.1) is 22.5 Å². The number of hydrogen-bond donors (Lipinski definition) is 2. The van der Waals surface area contributed by atoms with Gasteiger partial charge in [-0.2, -0.15) is 25.1 Å². The van der Waals surface area contributed by atoms with Crippen LogP contribution in [0.3, 0.4) is 0 Å². The SMILES string of the molecule is Cc1n[nH]c(=S)n1/N=C/c1cc(N=Nc2cccc([N+](=O)[O-])c2)ccc1O. The van der Waals surface area contributed by atoms with E-state index in [0.29, 0.717) is 27.5 Å². The maximum Gasteiger partial charge on any atom is 0.271 e. The van der Waals surface area contributed by atoms with Crippen LogP contribution in [-0.2, 0) is 0 Å². The third kappa shape index (κ3) is 4.27. The number of benzene rings is 2. The van der Waals surface area contributed by atoms with Crippen LogP contribution in [-0.4, -0.2) is 31.1 Å². The first kappa shape index (κ1) is 18.1. The summed E-state index contributed by atoms with van der Waals surface area (Å²) in [7, 11) is 0. The fraction of sp³-hybridized carbons (Fsp3) is 0.0625. The van der Waals surface area contributed by atoms with Crippen molar-refractivity contribution in [1.82, 2.24) is 14.9 Å². The molecule has 136 valence electrons. The maximum absolute atomic E-state index is 10.8. The molecule has 1 heterocycles. The summed E-state index contributed by atoms with van der Waals surface area (Å²) in [5.41, 5.74) is 1.10. The lowest BCUT2D eigenvalue weighted by molar-refractivity contribution is -0.384. The Morgan fingerprint density at radius 3 is 2.67 bits per heavy atom. The number of azo groups is 1. The van der Waals surface area contributed by atoms with Crippen molar-refractivity contribution in [1.29, 1.82) is 0 Å². The number of aromatic amines is 1. The molecule has 0 spiro atoms. The monoisotopic (exact) mass is 383 g/mol. The second-order valence-corrected chi connectivity index (χ2v) is 5.74. The molecule has 1 aromatic heterocycles. The number of nitro benzene ring substituents is 1. The van der Waals surface area contributed by atoms with Gasteiger partial charge in [-0.3, -0.25) is 15.2 Å². The number of aromatic nitrogens is 3. The maximum atomic E-state index is 10.8. The number of aromatic hydroxyl groups is 1. The zero-order chi connectivity index (χ0) is 19.4. The van der Waals surface area contributed by atoms with Gasteiger partial charge < -0.3 is 5.11 Å². The number of non-ortho nitro benzene ring substituents is 1. The molecule has 0 bridgehead atoms. The lowest BCUT2D eigenvalue weighted by Crippen LogP contribution is -1.94. The van der Waals surface area contributed by atoms with Gasteiger partial charge in [0.25, 0.3) is 5.69 Å². The number of hydrogen-bond acceptors (Lipinski definition) is 8. The molecule has 2 N–H and O–H groups in total. The summed E-state index contributed by atoms with van der Waals surface area (Å²) in [6.45, 7) is 1.73. The van der Waals surface area contributed by atoms with Gasteiger partial charge in [0.1, 0.15) is 11.6 Å². The molecule has 0 saturated carbocycles. The average molecular weight is 383 g/mol. The molecule has 27 heavy (non-hydrogen) atoms. The zero-order valence-electron chi connectivity index (χ0n) is 14.0. The first-order valence-corrected chi connectivity index (χ1v) is 8.02. The van der Waals surface area contributed by atoms with Gasteiger partial charge in [0.2, 0.25) is 4.77 Å². The third-order valence-corrected chi connectivity index (χ3v) is 3.72. The molecule has 0 unspecified atom stereocenters. The van der Waals surface area contributed by atoms with Gasteiger partial charge in [-0.25, -0.2) is 0 Å². The summed E-state index contributed by atoms with van der Waals surface area (Å²) >= 11 is 5.06. The minimum absolute atomic E-state index is 0.000662. The standard InChI is InChI=1S/C16H13N7O3S/c1-10-18-21-16(27)22(10)17-9-11-7-13(5-6-15(11)24)20-19-12-3-2-4-14(8-12)23(25)26/h2-9,24H,1H3,(H,21,27)/b17-9+,20-19?. The van der Waals surface area contributed by atoms with Gasteiger partial charge in [-0.05, 0) is 43.4 Å². The topological polar surface area (TPSA) is 134 Å². The van der Waals surface area contributed by atoms with Crippen molar-refractivity contribution in [2.24, 2.45) is 15.3 Å². The Kier molecular flexibility index (Phi) is 5.13. The predicted molar refractivity (Wildman–Crippen MR) is 101 cm³/mol. The van der Waals surface area contributed by atoms with Crippen molar-refractivity contribution in [3.8, 4) is 5.75 Å². The number of nitrogens with zero attached hydrogens (tertiary/aromatic N) is 6. The molecule has 0 saturated heterocycles. The molecule has 3 aromatic rings. The molecule has 0 fully saturated rings. The summed E-state index contributed by atoms with van der Waals surface area (Å²) in [6.07, 6.45) is 1.42. The number of nitro groups is 1. The van der Waals surface area contributed by atoms with Crippen molar-refractivity contribution >= 4 is 35.5 Å². The van der Waals surface area contributed by atoms with E-state index in [1.165, 1.54) is 35.2 Å². The van der Waals surface area contributed by atoms with E-state index in [1.807, 2.05) is 0 Å². The van der Waals surface area contributed by atoms with Crippen LogP contribution >= 0.6 is 12.2 Å². The van der Waals surface area contributed by atoms with E-state index in [2.05, 4.69) is 25.5 Å². The van der Waals surface area contributed by atoms with Crippen LogP contribution in [0.15, 0.2) is 57.8 Å². The quantitative estimate of drug-likeness (QED) is 0.224. The smallest absolute Gasteiger partial charge is 0.271 e. The highest BCUT2D eigenvalue weighted by Gasteiger charge is 2.05. The van der Waals surface area contributed by atoms with E-state index in [1.54, 1.807) is 25.1 Å². The number of phenols is 1. The second kappa shape index (κ2) is 7.66. The molecule has 2 aromatic carbocycles. The first-order valence-electron chi connectivity index (χ1n) is 7.61. The molecule has 0 radical (unpaired) electrons. The summed E-state index contributed by atoms with van der Waals surface area (Å²) < 4.78 is 1.73. The number of aryl methyl sites for hydroxylation is 1. The van der Waals surface area contributed by atoms with Crippen LogP contribution in [0, 0.1) is 21.8 Å². The Morgan fingerprint density at radius 1 is 1.26 bits per heavy atom. The van der Waals surface area contributed by atoms with Crippen LogP contribution in [0.1, 0.15) is 11.4 Å². The molecule has 10 nitrogen and oxygen atoms in total. The van der Waals surface area contributed by atoms with Crippen molar-refractivity contribution < 1.29 is 10.0 Å².